The van der Waals surface area contributed by atoms with E-state index >= 15 is 0 Å². The number of hydrogen-bond acceptors (Lipinski definition) is 5. The molecule has 17 heavy (non-hydrogen) atoms. The smallest absolute Gasteiger partial charge is 0.339 e. The third-order valence-corrected chi connectivity index (χ3v) is 3.06. The molecular formula is C11H8N2O3S. The first kappa shape index (κ1) is 12.8. The lowest BCUT2D eigenvalue weighted by Crippen LogP contribution is -2.05. The number of hydrogen-bond donors (Lipinski definition) is 0. The molecule has 0 amide bonds. The summed E-state index contributed by atoms with van der Waals surface area (Å²) in [7, 11) is -4.05. The molecule has 6 heteroatoms. The van der Waals surface area contributed by atoms with Crippen LogP contribution in [0.2, 0.25) is 0 Å². The van der Waals surface area contributed by atoms with E-state index in [2.05, 4.69) is 4.18 Å². The van der Waals surface area contributed by atoms with Crippen molar-refractivity contribution >= 4 is 10.1 Å². The van der Waals surface area contributed by atoms with Crippen molar-refractivity contribution in [2.24, 2.45) is 0 Å². The van der Waals surface area contributed by atoms with Crippen LogP contribution in [-0.2, 0) is 14.3 Å². The quantitative estimate of drug-likeness (QED) is 0.460. The summed E-state index contributed by atoms with van der Waals surface area (Å²) in [6, 6.07) is 8.95. The van der Waals surface area contributed by atoms with E-state index in [9.17, 15) is 8.42 Å². The molecule has 0 spiro atoms. The van der Waals surface area contributed by atoms with Crippen molar-refractivity contribution in [3.05, 3.63) is 41.7 Å². The van der Waals surface area contributed by atoms with Gasteiger partial charge in [-0.2, -0.15) is 18.9 Å². The summed E-state index contributed by atoms with van der Waals surface area (Å²) in [5, 5.41) is 16.9. The third kappa shape index (κ3) is 3.33. The Labute approximate surface area is 99.3 Å². The van der Waals surface area contributed by atoms with Crippen molar-refractivity contribution in [3.63, 3.8) is 0 Å². The zero-order valence-electron chi connectivity index (χ0n) is 8.91. The Morgan fingerprint density at radius 3 is 2.35 bits per heavy atom. The molecule has 0 radical (unpaired) electrons. The van der Waals surface area contributed by atoms with Gasteiger partial charge < -0.3 is 4.18 Å². The molecule has 1 aromatic carbocycles. The highest BCUT2D eigenvalue weighted by Crippen LogP contribution is 2.16. The molecule has 86 valence electrons. The summed E-state index contributed by atoms with van der Waals surface area (Å²) >= 11 is 0. The summed E-state index contributed by atoms with van der Waals surface area (Å²) in [5.74, 6) is -0.562. The van der Waals surface area contributed by atoms with E-state index in [0.29, 0.717) is 0 Å². The molecule has 0 aromatic heterocycles. The SMILES string of the molecule is Cc1ccc(S(=O)(=O)O/C(C#N)=C/C#N)cc1. The van der Waals surface area contributed by atoms with E-state index in [1.165, 1.54) is 24.3 Å². The molecule has 0 bridgehead atoms. The highest BCUT2D eigenvalue weighted by atomic mass is 32.2. The minimum atomic E-state index is -4.05. The maximum absolute atomic E-state index is 11.7. The van der Waals surface area contributed by atoms with Crippen LogP contribution >= 0.6 is 0 Å². The van der Waals surface area contributed by atoms with Gasteiger partial charge in [-0.3, -0.25) is 0 Å². The van der Waals surface area contributed by atoms with E-state index < -0.39 is 15.9 Å². The van der Waals surface area contributed by atoms with E-state index in [0.717, 1.165) is 11.6 Å². The molecule has 0 aliphatic carbocycles. The van der Waals surface area contributed by atoms with Crippen molar-refractivity contribution in [2.45, 2.75) is 11.8 Å². The number of nitrogens with zero attached hydrogens (tertiary/aromatic N) is 2. The number of nitriles is 2. The molecule has 0 heterocycles. The van der Waals surface area contributed by atoms with Gasteiger partial charge >= 0.3 is 10.1 Å². The molecule has 0 N–H and O–H groups in total. The molecule has 1 aromatic rings. The normalized spacial score (nSPS) is 11.4. The predicted octanol–water partition coefficient (Wildman–Crippen LogP) is 1.63. The van der Waals surface area contributed by atoms with E-state index in [1.807, 2.05) is 6.92 Å². The second kappa shape index (κ2) is 5.15. The maximum atomic E-state index is 11.7. The van der Waals surface area contributed by atoms with Gasteiger partial charge in [0.05, 0.1) is 12.1 Å². The fourth-order valence-corrected chi connectivity index (χ4v) is 1.89. The van der Waals surface area contributed by atoms with Gasteiger partial charge in [-0.15, -0.1) is 0 Å². The van der Waals surface area contributed by atoms with E-state index in [1.54, 1.807) is 12.1 Å². The van der Waals surface area contributed by atoms with Crippen molar-refractivity contribution < 1.29 is 12.6 Å². The number of aryl methyl sites for hydroxylation is 1. The molecule has 0 fully saturated rings. The van der Waals surface area contributed by atoms with Crippen LogP contribution in [0.25, 0.3) is 0 Å². The van der Waals surface area contributed by atoms with Crippen LogP contribution in [0.1, 0.15) is 5.56 Å². The fraction of sp³-hybridized carbons (Fsp3) is 0.0909. The zero-order chi connectivity index (χ0) is 12.9. The third-order valence-electron chi connectivity index (χ3n) is 1.81. The summed E-state index contributed by atoms with van der Waals surface area (Å²) < 4.78 is 27.8. The average molecular weight is 248 g/mol. The first-order chi connectivity index (χ1) is 7.99. The lowest BCUT2D eigenvalue weighted by molar-refractivity contribution is 0.422. The van der Waals surface area contributed by atoms with Gasteiger partial charge in [-0.05, 0) is 19.1 Å². The first-order valence-electron chi connectivity index (χ1n) is 4.50. The summed E-state index contributed by atoms with van der Waals surface area (Å²) in [6.45, 7) is 1.81. The Kier molecular flexibility index (Phi) is 3.86. The minimum absolute atomic E-state index is 0.0674. The van der Waals surface area contributed by atoms with Crippen molar-refractivity contribution in [1.29, 1.82) is 10.5 Å². The van der Waals surface area contributed by atoms with Crippen LogP contribution in [0, 0.1) is 29.6 Å². The second-order valence-electron chi connectivity index (χ2n) is 3.10. The number of benzene rings is 1. The van der Waals surface area contributed by atoms with E-state index in [4.69, 9.17) is 10.5 Å². The largest absolute Gasteiger partial charge is 0.367 e. The van der Waals surface area contributed by atoms with Gasteiger partial charge in [0, 0.05) is 0 Å². The standard InChI is InChI=1S/C11H8N2O3S/c1-9-2-4-11(5-3-9)17(14,15)16-10(8-13)6-7-12/h2-6H,1H3/b10-6+. The van der Waals surface area contributed by atoms with Crippen molar-refractivity contribution in [2.75, 3.05) is 0 Å². The lowest BCUT2D eigenvalue weighted by Gasteiger charge is -2.04. The monoisotopic (exact) mass is 248 g/mol. The Hall–Kier alpha value is -2.31. The van der Waals surface area contributed by atoms with Gasteiger partial charge in [0.2, 0.25) is 5.76 Å². The van der Waals surface area contributed by atoms with Crippen LogP contribution in [0.15, 0.2) is 41.0 Å². The van der Waals surface area contributed by atoms with Crippen molar-refractivity contribution in [1.82, 2.24) is 0 Å². The zero-order valence-corrected chi connectivity index (χ0v) is 9.73. The summed E-state index contributed by atoms with van der Waals surface area (Å²) in [6.07, 6.45) is 0.728. The highest BCUT2D eigenvalue weighted by Gasteiger charge is 2.17. The summed E-state index contributed by atoms with van der Waals surface area (Å²) in [5.41, 5.74) is 0.900. The Bertz CT molecular complexity index is 616. The molecule has 1 rings (SSSR count). The molecule has 0 aliphatic rings. The summed E-state index contributed by atoms with van der Waals surface area (Å²) in [4.78, 5) is -0.0674. The number of rotatable bonds is 3. The molecule has 0 atom stereocenters. The fourth-order valence-electron chi connectivity index (χ4n) is 1.00. The minimum Gasteiger partial charge on any atom is -0.367 e. The molecule has 5 nitrogen and oxygen atoms in total. The molecule has 0 unspecified atom stereocenters. The van der Waals surface area contributed by atoms with Crippen LogP contribution in [0.5, 0.6) is 0 Å². The Balaban J connectivity index is 3.06. The van der Waals surface area contributed by atoms with Crippen molar-refractivity contribution in [3.8, 4) is 12.1 Å². The molecule has 0 aliphatic heterocycles. The highest BCUT2D eigenvalue weighted by molar-refractivity contribution is 7.86. The molecule has 0 saturated heterocycles. The molecular weight excluding hydrogens is 240 g/mol. The topological polar surface area (TPSA) is 90.9 Å². The Morgan fingerprint density at radius 2 is 1.88 bits per heavy atom. The van der Waals surface area contributed by atoms with Gasteiger partial charge in [0.25, 0.3) is 0 Å². The molecule has 0 saturated carbocycles. The van der Waals surface area contributed by atoms with E-state index in [-0.39, 0.29) is 4.90 Å². The van der Waals surface area contributed by atoms with Gasteiger partial charge in [-0.1, -0.05) is 17.7 Å². The predicted molar refractivity (Wildman–Crippen MR) is 58.8 cm³/mol. The van der Waals surface area contributed by atoms with Gasteiger partial charge in [0.1, 0.15) is 11.0 Å². The van der Waals surface area contributed by atoms with Crippen LogP contribution < -0.4 is 0 Å². The van der Waals surface area contributed by atoms with Gasteiger partial charge in [0.15, 0.2) is 0 Å². The first-order valence-corrected chi connectivity index (χ1v) is 5.91. The van der Waals surface area contributed by atoms with Gasteiger partial charge in [-0.25, -0.2) is 0 Å². The lowest BCUT2D eigenvalue weighted by atomic mass is 10.2. The Morgan fingerprint density at radius 1 is 1.29 bits per heavy atom. The van der Waals surface area contributed by atoms with Crippen LogP contribution in [-0.4, -0.2) is 8.42 Å². The second-order valence-corrected chi connectivity index (χ2v) is 4.65. The maximum Gasteiger partial charge on any atom is 0.339 e. The van der Waals surface area contributed by atoms with Crippen LogP contribution in [0.4, 0.5) is 0 Å². The average Bonchev–Trinajstić information content (AvgIpc) is 2.28. The number of allylic oxidation sites excluding steroid dienone is 2. The van der Waals surface area contributed by atoms with Crippen LogP contribution in [0.3, 0.4) is 0 Å².